The van der Waals surface area contributed by atoms with Gasteiger partial charge in [-0.2, -0.15) is 4.68 Å². The molecule has 8 heteroatoms. The number of nitrogens with one attached hydrogen (secondary N) is 1. The van der Waals surface area contributed by atoms with Crippen LogP contribution in [-0.4, -0.2) is 39.5 Å². The molecule has 2 aromatic rings. The second-order valence-corrected chi connectivity index (χ2v) is 5.86. The number of carbonyl (C=O) groups is 1. The monoisotopic (exact) mass is 331 g/mol. The first-order valence-electron chi connectivity index (χ1n) is 7.19. The van der Waals surface area contributed by atoms with Crippen LogP contribution in [0.25, 0.3) is 0 Å². The molecule has 7 nitrogen and oxygen atoms in total. The molecule has 2 heterocycles. The van der Waals surface area contributed by atoms with Crippen LogP contribution in [0.2, 0.25) is 0 Å². The minimum absolute atomic E-state index is 0.380. The van der Waals surface area contributed by atoms with Crippen molar-refractivity contribution in [3.63, 3.8) is 0 Å². The Morgan fingerprint density at radius 1 is 1.39 bits per heavy atom. The summed E-state index contributed by atoms with van der Waals surface area (Å²) in [7, 11) is 1.38. The highest BCUT2D eigenvalue weighted by atomic mass is 32.2. The van der Waals surface area contributed by atoms with E-state index in [1.165, 1.54) is 7.11 Å². The number of allylic oxidation sites excluding steroid dienone is 1. The lowest BCUT2D eigenvalue weighted by Gasteiger charge is -2.28. The molecule has 1 N–H and O–H groups in total. The number of hydrogen-bond donors (Lipinski definition) is 1. The Morgan fingerprint density at radius 2 is 2.13 bits per heavy atom. The molecule has 0 fully saturated rings. The molecule has 1 aromatic carbocycles. The Hall–Kier alpha value is -2.35. The van der Waals surface area contributed by atoms with E-state index in [1.807, 2.05) is 37.4 Å². The van der Waals surface area contributed by atoms with Crippen LogP contribution in [0, 0.1) is 0 Å². The molecule has 0 unspecified atom stereocenters. The SMILES string of the molecule is CCC1=C(C(=O)OC)[C@@H](c2ccc(SC)cc2)n2nnnc2N1. The Morgan fingerprint density at radius 3 is 2.74 bits per heavy atom. The minimum Gasteiger partial charge on any atom is -0.466 e. The van der Waals surface area contributed by atoms with Gasteiger partial charge in [0.15, 0.2) is 0 Å². The van der Waals surface area contributed by atoms with Crippen LogP contribution in [0.5, 0.6) is 0 Å². The summed E-state index contributed by atoms with van der Waals surface area (Å²) >= 11 is 1.66. The standard InChI is InChI=1S/C15H17N5O2S/c1-4-11-12(14(21)22-2)13(20-15(16-11)17-18-19-20)9-5-7-10(23-3)8-6-9/h5-8,13H,4H2,1-3H3,(H,16,17,19)/t13-/m1/s1. The van der Waals surface area contributed by atoms with Crippen molar-refractivity contribution in [3.05, 3.63) is 41.1 Å². The van der Waals surface area contributed by atoms with Gasteiger partial charge in [0.2, 0.25) is 5.95 Å². The molecule has 0 saturated carbocycles. The lowest BCUT2D eigenvalue weighted by atomic mass is 9.95. The number of methoxy groups -OCH3 is 1. The summed E-state index contributed by atoms with van der Waals surface area (Å²) in [4.78, 5) is 13.5. The van der Waals surface area contributed by atoms with E-state index in [2.05, 4.69) is 20.8 Å². The van der Waals surface area contributed by atoms with Crippen LogP contribution in [-0.2, 0) is 9.53 Å². The third-order valence-corrected chi connectivity index (χ3v) is 4.53. The van der Waals surface area contributed by atoms with Crippen molar-refractivity contribution < 1.29 is 9.53 Å². The normalized spacial score (nSPS) is 16.7. The number of thioether (sulfide) groups is 1. The first-order valence-corrected chi connectivity index (χ1v) is 8.42. The van der Waals surface area contributed by atoms with Gasteiger partial charge in [-0.25, -0.2) is 4.79 Å². The van der Waals surface area contributed by atoms with E-state index < -0.39 is 6.04 Å². The van der Waals surface area contributed by atoms with E-state index in [0.29, 0.717) is 17.9 Å². The maximum Gasteiger partial charge on any atom is 0.338 e. The van der Waals surface area contributed by atoms with Crippen LogP contribution >= 0.6 is 11.8 Å². The van der Waals surface area contributed by atoms with Gasteiger partial charge in [0, 0.05) is 10.6 Å². The van der Waals surface area contributed by atoms with Crippen LogP contribution in [0.15, 0.2) is 40.4 Å². The van der Waals surface area contributed by atoms with Gasteiger partial charge in [0.05, 0.1) is 12.7 Å². The summed E-state index contributed by atoms with van der Waals surface area (Å²) < 4.78 is 6.60. The van der Waals surface area contributed by atoms with Crippen molar-refractivity contribution in [2.24, 2.45) is 0 Å². The Bertz CT molecular complexity index is 753. The molecule has 0 bridgehead atoms. The lowest BCUT2D eigenvalue weighted by Crippen LogP contribution is -2.30. The zero-order chi connectivity index (χ0) is 16.4. The number of carbonyl (C=O) groups excluding carboxylic acids is 1. The highest BCUT2D eigenvalue weighted by Gasteiger charge is 2.35. The number of fused-ring (bicyclic) bond motifs is 1. The number of nitrogens with zero attached hydrogens (tertiary/aromatic N) is 4. The van der Waals surface area contributed by atoms with E-state index in [4.69, 9.17) is 4.74 Å². The molecule has 1 aliphatic heterocycles. The molecule has 0 amide bonds. The van der Waals surface area contributed by atoms with Gasteiger partial charge >= 0.3 is 5.97 Å². The number of esters is 1. The molecular formula is C15H17N5O2S. The third kappa shape index (κ3) is 2.70. The van der Waals surface area contributed by atoms with Gasteiger partial charge in [-0.05, 0) is 40.8 Å². The van der Waals surface area contributed by atoms with Crippen molar-refractivity contribution in [1.82, 2.24) is 20.2 Å². The number of hydrogen-bond acceptors (Lipinski definition) is 7. The number of tetrazole rings is 1. The Kier molecular flexibility index (Phi) is 4.33. The zero-order valence-electron chi connectivity index (χ0n) is 13.1. The maximum absolute atomic E-state index is 12.4. The van der Waals surface area contributed by atoms with Crippen molar-refractivity contribution in [3.8, 4) is 0 Å². The fourth-order valence-corrected chi connectivity index (χ4v) is 3.07. The van der Waals surface area contributed by atoms with E-state index in [-0.39, 0.29) is 5.97 Å². The van der Waals surface area contributed by atoms with Gasteiger partial charge in [-0.1, -0.05) is 24.2 Å². The second-order valence-electron chi connectivity index (χ2n) is 4.99. The van der Waals surface area contributed by atoms with Gasteiger partial charge < -0.3 is 10.1 Å². The molecule has 0 saturated heterocycles. The summed E-state index contributed by atoms with van der Waals surface area (Å²) in [5.74, 6) is 0.142. The van der Waals surface area contributed by atoms with E-state index in [1.54, 1.807) is 16.4 Å². The number of benzene rings is 1. The van der Waals surface area contributed by atoms with Gasteiger partial charge in [0.25, 0.3) is 0 Å². The zero-order valence-corrected chi connectivity index (χ0v) is 13.9. The average molecular weight is 331 g/mol. The summed E-state index contributed by atoms with van der Waals surface area (Å²) in [6.07, 6.45) is 2.67. The fraction of sp³-hybridized carbons (Fsp3) is 0.333. The van der Waals surface area contributed by atoms with Crippen LogP contribution in [0.4, 0.5) is 5.95 Å². The largest absolute Gasteiger partial charge is 0.466 e. The average Bonchev–Trinajstić information content (AvgIpc) is 3.07. The predicted molar refractivity (Wildman–Crippen MR) is 87.1 cm³/mol. The highest BCUT2D eigenvalue weighted by Crippen LogP contribution is 2.36. The summed E-state index contributed by atoms with van der Waals surface area (Å²) in [6.45, 7) is 1.97. The van der Waals surface area contributed by atoms with Crippen molar-refractivity contribution >= 4 is 23.7 Å². The van der Waals surface area contributed by atoms with E-state index >= 15 is 0 Å². The molecule has 3 rings (SSSR count). The molecular weight excluding hydrogens is 314 g/mol. The molecule has 1 aliphatic rings. The Labute approximate surface area is 138 Å². The first-order chi connectivity index (χ1) is 11.2. The number of anilines is 1. The van der Waals surface area contributed by atoms with Crippen molar-refractivity contribution in [2.75, 3.05) is 18.7 Å². The summed E-state index contributed by atoms with van der Waals surface area (Å²) in [5, 5.41) is 14.9. The van der Waals surface area contributed by atoms with Gasteiger partial charge in [0.1, 0.15) is 6.04 Å². The first kappa shape index (κ1) is 15.5. The number of ether oxygens (including phenoxy) is 1. The van der Waals surface area contributed by atoms with Crippen LogP contribution < -0.4 is 5.32 Å². The molecule has 0 radical (unpaired) electrons. The van der Waals surface area contributed by atoms with E-state index in [9.17, 15) is 4.79 Å². The quantitative estimate of drug-likeness (QED) is 0.679. The predicted octanol–water partition coefficient (Wildman–Crippen LogP) is 2.25. The summed E-state index contributed by atoms with van der Waals surface area (Å²) in [5.41, 5.74) is 2.24. The molecule has 0 spiro atoms. The van der Waals surface area contributed by atoms with Crippen molar-refractivity contribution in [1.29, 1.82) is 0 Å². The Balaban J connectivity index is 2.15. The topological polar surface area (TPSA) is 81.9 Å². The van der Waals surface area contributed by atoms with Gasteiger partial charge in [-0.15, -0.1) is 11.8 Å². The van der Waals surface area contributed by atoms with E-state index in [0.717, 1.165) is 16.2 Å². The molecule has 0 aliphatic carbocycles. The number of rotatable bonds is 4. The maximum atomic E-state index is 12.4. The van der Waals surface area contributed by atoms with Crippen LogP contribution in [0.1, 0.15) is 24.9 Å². The van der Waals surface area contributed by atoms with Gasteiger partial charge in [-0.3, -0.25) is 0 Å². The smallest absolute Gasteiger partial charge is 0.338 e. The molecule has 1 atom stereocenters. The highest BCUT2D eigenvalue weighted by molar-refractivity contribution is 7.98. The number of aromatic nitrogens is 4. The minimum atomic E-state index is -0.403. The third-order valence-electron chi connectivity index (χ3n) is 3.79. The molecule has 120 valence electrons. The molecule has 23 heavy (non-hydrogen) atoms. The second kappa shape index (κ2) is 6.41. The fourth-order valence-electron chi connectivity index (χ4n) is 2.66. The van der Waals surface area contributed by atoms with Crippen LogP contribution in [0.3, 0.4) is 0 Å². The summed E-state index contributed by atoms with van der Waals surface area (Å²) in [6, 6.07) is 7.62. The van der Waals surface area contributed by atoms with Crippen molar-refractivity contribution in [2.45, 2.75) is 24.3 Å². The molecule has 1 aromatic heterocycles. The lowest BCUT2D eigenvalue weighted by molar-refractivity contribution is -0.136.